The maximum atomic E-state index is 2.34. The summed E-state index contributed by atoms with van der Waals surface area (Å²) in [5.41, 5.74) is 21.0. The van der Waals surface area contributed by atoms with Crippen molar-refractivity contribution in [3.63, 3.8) is 0 Å². The van der Waals surface area contributed by atoms with Crippen molar-refractivity contribution in [2.45, 2.75) is 13.8 Å². The van der Waals surface area contributed by atoms with Gasteiger partial charge in [0.05, 0.1) is 0 Å². The Bertz CT molecular complexity index is 3560. The molecule has 0 saturated carbocycles. The molecular weight excluding hydrogens is 869 g/mol. The zero-order valence-electron chi connectivity index (χ0n) is 40.5. The van der Waals surface area contributed by atoms with Crippen LogP contribution in [0.25, 0.3) is 77.2 Å². The largest absolute Gasteiger partial charge is 0.311 e. The summed E-state index contributed by atoms with van der Waals surface area (Å²) in [6.45, 7) is 4.37. The van der Waals surface area contributed by atoms with Crippen molar-refractivity contribution < 1.29 is 0 Å². The Morgan fingerprint density at radius 1 is 0.222 bits per heavy atom. The third-order valence-corrected chi connectivity index (χ3v) is 14.0. The number of hydrogen-bond acceptors (Lipinski definition) is 2. The molecule has 12 rings (SSSR count). The van der Waals surface area contributed by atoms with Gasteiger partial charge in [0.2, 0.25) is 0 Å². The van der Waals surface area contributed by atoms with E-state index in [0.29, 0.717) is 0 Å². The molecule has 0 radical (unpaired) electrons. The molecule has 0 aliphatic carbocycles. The molecular formula is C70H52N2. The van der Waals surface area contributed by atoms with E-state index >= 15 is 0 Å². The smallest absolute Gasteiger partial charge is 0.0462 e. The second-order valence-electron chi connectivity index (χ2n) is 18.7. The van der Waals surface area contributed by atoms with Crippen LogP contribution in [0.5, 0.6) is 0 Å². The van der Waals surface area contributed by atoms with E-state index in [2.05, 4.69) is 303 Å². The van der Waals surface area contributed by atoms with Crippen molar-refractivity contribution in [2.75, 3.05) is 9.80 Å². The van der Waals surface area contributed by atoms with Gasteiger partial charge in [-0.3, -0.25) is 0 Å². The minimum Gasteiger partial charge on any atom is -0.311 e. The van der Waals surface area contributed by atoms with Crippen LogP contribution in [0.15, 0.2) is 279 Å². The quantitative estimate of drug-likeness (QED) is 0.128. The van der Waals surface area contributed by atoms with Crippen LogP contribution in [0.4, 0.5) is 34.1 Å². The summed E-state index contributed by atoms with van der Waals surface area (Å²) in [4.78, 5) is 4.69. The Labute approximate surface area is 423 Å². The number of anilines is 6. The highest BCUT2D eigenvalue weighted by Gasteiger charge is 2.21. The number of fused-ring (bicyclic) bond motifs is 2. The van der Waals surface area contributed by atoms with Gasteiger partial charge in [-0.1, -0.05) is 217 Å². The molecule has 0 aliphatic heterocycles. The topological polar surface area (TPSA) is 6.48 Å². The monoisotopic (exact) mass is 920 g/mol. The first-order valence-corrected chi connectivity index (χ1v) is 24.8. The Hall–Kier alpha value is -9.24. The van der Waals surface area contributed by atoms with Gasteiger partial charge < -0.3 is 9.80 Å². The molecule has 72 heavy (non-hydrogen) atoms. The van der Waals surface area contributed by atoms with Gasteiger partial charge in [0.15, 0.2) is 0 Å². The molecule has 0 bridgehead atoms. The van der Waals surface area contributed by atoms with Gasteiger partial charge in [0.25, 0.3) is 0 Å². The zero-order valence-corrected chi connectivity index (χ0v) is 40.5. The van der Waals surface area contributed by atoms with Gasteiger partial charge in [-0.2, -0.15) is 0 Å². The fraction of sp³-hybridized carbons (Fsp3) is 0.0286. The highest BCUT2D eigenvalue weighted by Crippen LogP contribution is 2.48. The summed E-state index contributed by atoms with van der Waals surface area (Å²) >= 11 is 0. The molecule has 12 aromatic rings. The fourth-order valence-electron chi connectivity index (χ4n) is 10.4. The van der Waals surface area contributed by atoms with Crippen molar-refractivity contribution >= 4 is 55.7 Å². The number of aryl methyl sites for hydroxylation is 2. The minimum absolute atomic E-state index is 1.09. The average molecular weight is 921 g/mol. The average Bonchev–Trinajstić information content (AvgIpc) is 3.44. The Kier molecular flexibility index (Phi) is 11.8. The Morgan fingerprint density at radius 3 is 0.833 bits per heavy atom. The molecule has 2 heteroatoms. The van der Waals surface area contributed by atoms with Crippen LogP contribution < -0.4 is 9.80 Å². The van der Waals surface area contributed by atoms with E-state index in [1.807, 2.05) is 0 Å². The van der Waals surface area contributed by atoms with E-state index in [1.54, 1.807) is 0 Å². The van der Waals surface area contributed by atoms with Gasteiger partial charge in [-0.25, -0.2) is 0 Å². The van der Waals surface area contributed by atoms with Crippen LogP contribution in [-0.4, -0.2) is 0 Å². The van der Waals surface area contributed by atoms with E-state index in [9.17, 15) is 0 Å². The summed E-state index contributed by atoms with van der Waals surface area (Å²) in [6.07, 6.45) is 0. The van der Waals surface area contributed by atoms with Crippen molar-refractivity contribution in [3.05, 3.63) is 290 Å². The number of benzene rings is 12. The molecule has 12 aromatic carbocycles. The van der Waals surface area contributed by atoms with Crippen molar-refractivity contribution in [1.29, 1.82) is 0 Å². The molecule has 2 nitrogen and oxygen atoms in total. The highest BCUT2D eigenvalue weighted by molar-refractivity contribution is 6.15. The standard InChI is InChI=1S/C70H52N2/c1-49-23-43-67-57(47-49)33-45-65(55-29-39-63(40-30-55)71(59-19-11-5-12-20-59)61-35-25-53(26-36-61)51-15-7-3-8-16-51)69(67)70-66(46-34-58-48-50(2)24-44-68(58)70)56-31-41-64(42-32-56)72(60-21-13-6-14-22-60)62-37-27-54(28-38-62)52-17-9-4-10-18-52/h3-48H,1-2H3. The first-order chi connectivity index (χ1) is 35.5. The van der Waals surface area contributed by atoms with Crippen molar-refractivity contribution in [3.8, 4) is 55.6 Å². The third kappa shape index (κ3) is 8.61. The maximum Gasteiger partial charge on any atom is 0.0462 e. The van der Waals surface area contributed by atoms with Crippen LogP contribution >= 0.6 is 0 Å². The van der Waals surface area contributed by atoms with Crippen molar-refractivity contribution in [2.24, 2.45) is 0 Å². The SMILES string of the molecule is Cc1ccc2c(-c3c(-c4ccc(N(c5ccccc5)c5ccc(-c6ccccc6)cc5)cc4)ccc4cc(C)ccc34)c(-c3ccc(N(c4ccccc4)c4ccc(-c5ccccc5)cc4)cc3)ccc2c1. The molecule has 0 N–H and O–H groups in total. The summed E-state index contributed by atoms with van der Waals surface area (Å²) in [6, 6.07) is 102. The van der Waals surface area contributed by atoms with Crippen LogP contribution in [-0.2, 0) is 0 Å². The fourth-order valence-corrected chi connectivity index (χ4v) is 10.4. The highest BCUT2D eigenvalue weighted by atomic mass is 15.1. The lowest BCUT2D eigenvalue weighted by atomic mass is 9.83. The lowest BCUT2D eigenvalue weighted by molar-refractivity contribution is 1.28. The van der Waals surface area contributed by atoms with Gasteiger partial charge in [-0.05, 0) is 164 Å². The normalized spacial score (nSPS) is 11.2. The molecule has 0 atom stereocenters. The van der Waals surface area contributed by atoms with Crippen LogP contribution in [0.2, 0.25) is 0 Å². The predicted octanol–water partition coefficient (Wildman–Crippen LogP) is 19.9. The van der Waals surface area contributed by atoms with E-state index < -0.39 is 0 Å². The molecule has 0 spiro atoms. The minimum atomic E-state index is 1.09. The van der Waals surface area contributed by atoms with Gasteiger partial charge in [-0.15, -0.1) is 0 Å². The van der Waals surface area contributed by atoms with Crippen LogP contribution in [0.3, 0.4) is 0 Å². The lowest BCUT2D eigenvalue weighted by Gasteiger charge is -2.26. The number of hydrogen-bond donors (Lipinski definition) is 0. The van der Waals surface area contributed by atoms with E-state index in [4.69, 9.17) is 0 Å². The van der Waals surface area contributed by atoms with Gasteiger partial charge in [0, 0.05) is 34.1 Å². The first-order valence-electron chi connectivity index (χ1n) is 24.8. The van der Waals surface area contributed by atoms with E-state index in [1.165, 1.54) is 77.2 Å². The number of para-hydroxylation sites is 2. The molecule has 0 amide bonds. The lowest BCUT2D eigenvalue weighted by Crippen LogP contribution is -2.09. The Balaban J connectivity index is 0.982. The van der Waals surface area contributed by atoms with Crippen LogP contribution in [0, 0.1) is 13.8 Å². The number of nitrogens with zero attached hydrogens (tertiary/aromatic N) is 2. The molecule has 0 unspecified atom stereocenters. The van der Waals surface area contributed by atoms with E-state index in [0.717, 1.165) is 45.3 Å². The first kappa shape index (κ1) is 44.0. The summed E-state index contributed by atoms with van der Waals surface area (Å²) in [5.74, 6) is 0. The third-order valence-electron chi connectivity index (χ3n) is 14.0. The van der Waals surface area contributed by atoms with Crippen molar-refractivity contribution in [1.82, 2.24) is 0 Å². The second kappa shape index (κ2) is 19.3. The number of rotatable bonds is 11. The summed E-state index contributed by atoms with van der Waals surface area (Å²) in [5, 5.41) is 4.90. The van der Waals surface area contributed by atoms with Gasteiger partial charge in [0.1, 0.15) is 0 Å². The summed E-state index contributed by atoms with van der Waals surface area (Å²) in [7, 11) is 0. The molecule has 342 valence electrons. The predicted molar refractivity (Wildman–Crippen MR) is 307 cm³/mol. The van der Waals surface area contributed by atoms with E-state index in [-0.39, 0.29) is 0 Å². The molecule has 0 aliphatic rings. The molecule has 0 heterocycles. The summed E-state index contributed by atoms with van der Waals surface area (Å²) < 4.78 is 0. The molecule has 0 fully saturated rings. The second-order valence-corrected chi connectivity index (χ2v) is 18.7. The van der Waals surface area contributed by atoms with Crippen LogP contribution in [0.1, 0.15) is 11.1 Å². The molecule has 0 aromatic heterocycles. The Morgan fingerprint density at radius 2 is 0.500 bits per heavy atom. The molecule has 0 saturated heterocycles. The zero-order chi connectivity index (χ0) is 48.4. The maximum absolute atomic E-state index is 2.34. The van der Waals surface area contributed by atoms with Gasteiger partial charge >= 0.3 is 0 Å².